The van der Waals surface area contributed by atoms with Gasteiger partial charge in [0.2, 0.25) is 0 Å². The van der Waals surface area contributed by atoms with Gasteiger partial charge < -0.3 is 20.3 Å². The first kappa shape index (κ1) is 15.3. The van der Waals surface area contributed by atoms with Crippen LogP contribution < -0.4 is 20.6 Å². The van der Waals surface area contributed by atoms with Gasteiger partial charge in [0.05, 0.1) is 13.3 Å². The molecule has 8 heteroatoms. The van der Waals surface area contributed by atoms with E-state index < -0.39 is 18.1 Å². The molecule has 0 aromatic heterocycles. The largest absolute Gasteiger partial charge is 0.493 e. The van der Waals surface area contributed by atoms with Gasteiger partial charge >= 0.3 is 12.0 Å². The van der Waals surface area contributed by atoms with Crippen LogP contribution in [-0.4, -0.2) is 36.5 Å². The van der Waals surface area contributed by atoms with E-state index >= 15 is 0 Å². The number of primary amides is 1. The highest BCUT2D eigenvalue weighted by Crippen LogP contribution is 2.30. The van der Waals surface area contributed by atoms with Gasteiger partial charge in [-0.05, 0) is 19.1 Å². The minimum Gasteiger partial charge on any atom is -0.493 e. The van der Waals surface area contributed by atoms with Crippen molar-refractivity contribution < 1.29 is 24.2 Å². The summed E-state index contributed by atoms with van der Waals surface area (Å²) in [6, 6.07) is 4.09. The molecule has 2 amide bonds. The van der Waals surface area contributed by atoms with Crippen molar-refractivity contribution in [2.45, 2.75) is 13.0 Å². The number of carbonyl (C=O) groups excluding carboxylic acids is 1. The number of hydrogen-bond acceptors (Lipinski definition) is 5. The van der Waals surface area contributed by atoms with Crippen molar-refractivity contribution >= 4 is 18.2 Å². The molecule has 1 rings (SSSR count). The zero-order valence-corrected chi connectivity index (χ0v) is 11.0. The van der Waals surface area contributed by atoms with Crippen LogP contribution in [-0.2, 0) is 4.79 Å². The molecular weight excluding hydrogens is 266 g/mol. The average Bonchev–Trinajstić information content (AvgIpc) is 2.39. The van der Waals surface area contributed by atoms with Gasteiger partial charge in [0, 0.05) is 5.56 Å². The van der Waals surface area contributed by atoms with Crippen molar-refractivity contribution in [2.24, 2.45) is 10.8 Å². The predicted octanol–water partition coefficient (Wildman–Crippen LogP) is 0.549. The lowest BCUT2D eigenvalue weighted by atomic mass is 10.2. The van der Waals surface area contributed by atoms with Crippen LogP contribution in [0.2, 0.25) is 0 Å². The fourth-order valence-electron chi connectivity index (χ4n) is 1.31. The molecule has 0 spiro atoms. The van der Waals surface area contributed by atoms with Crippen LogP contribution in [0.3, 0.4) is 0 Å². The van der Waals surface area contributed by atoms with Crippen molar-refractivity contribution in [3.05, 3.63) is 23.8 Å². The van der Waals surface area contributed by atoms with E-state index in [9.17, 15) is 9.59 Å². The average molecular weight is 281 g/mol. The number of ether oxygens (including phenoxy) is 2. The second-order valence-electron chi connectivity index (χ2n) is 3.71. The number of nitrogens with two attached hydrogens (primary N) is 1. The summed E-state index contributed by atoms with van der Waals surface area (Å²) >= 11 is 0. The molecule has 1 aromatic carbocycles. The Morgan fingerprint density at radius 1 is 1.50 bits per heavy atom. The Balaban J connectivity index is 3.06. The molecule has 1 atom stereocenters. The van der Waals surface area contributed by atoms with Crippen LogP contribution >= 0.6 is 0 Å². The molecule has 0 aliphatic heterocycles. The zero-order valence-electron chi connectivity index (χ0n) is 11.0. The quantitative estimate of drug-likeness (QED) is 0.519. The normalized spacial score (nSPS) is 11.9. The van der Waals surface area contributed by atoms with Crippen LogP contribution in [0.4, 0.5) is 4.79 Å². The fourth-order valence-corrected chi connectivity index (χ4v) is 1.31. The van der Waals surface area contributed by atoms with E-state index in [1.807, 2.05) is 5.43 Å². The Morgan fingerprint density at radius 3 is 2.75 bits per heavy atom. The molecule has 1 unspecified atom stereocenters. The third-order valence-electron chi connectivity index (χ3n) is 2.25. The van der Waals surface area contributed by atoms with E-state index in [0.29, 0.717) is 11.3 Å². The summed E-state index contributed by atoms with van der Waals surface area (Å²) in [5.41, 5.74) is 7.34. The van der Waals surface area contributed by atoms with E-state index in [1.165, 1.54) is 20.2 Å². The first-order chi connectivity index (χ1) is 9.45. The van der Waals surface area contributed by atoms with E-state index in [2.05, 4.69) is 5.10 Å². The van der Waals surface area contributed by atoms with Gasteiger partial charge in [-0.2, -0.15) is 5.10 Å². The lowest BCUT2D eigenvalue weighted by molar-refractivity contribution is -0.144. The Kier molecular flexibility index (Phi) is 5.33. The maximum atomic E-state index is 10.8. The second kappa shape index (κ2) is 6.98. The van der Waals surface area contributed by atoms with Crippen LogP contribution in [0.15, 0.2) is 23.3 Å². The molecule has 0 saturated carbocycles. The number of benzene rings is 1. The SMILES string of the molecule is COc1cccc(C=NNC(N)=O)c1OC(C)C(=O)O. The van der Waals surface area contributed by atoms with Crippen LogP contribution in [0.5, 0.6) is 11.5 Å². The number of nitrogens with zero attached hydrogens (tertiary/aromatic N) is 1. The first-order valence-corrected chi connectivity index (χ1v) is 5.60. The fraction of sp³-hybridized carbons (Fsp3) is 0.250. The summed E-state index contributed by atoms with van der Waals surface area (Å²) < 4.78 is 10.4. The molecule has 0 bridgehead atoms. The summed E-state index contributed by atoms with van der Waals surface area (Å²) in [4.78, 5) is 21.4. The number of rotatable bonds is 6. The summed E-state index contributed by atoms with van der Waals surface area (Å²) in [5, 5.41) is 12.5. The number of nitrogens with one attached hydrogen (secondary N) is 1. The number of para-hydroxylation sites is 1. The zero-order chi connectivity index (χ0) is 15.1. The van der Waals surface area contributed by atoms with E-state index in [1.54, 1.807) is 18.2 Å². The molecule has 8 nitrogen and oxygen atoms in total. The minimum atomic E-state index is -1.12. The molecule has 0 radical (unpaired) electrons. The van der Waals surface area contributed by atoms with Gasteiger partial charge in [-0.25, -0.2) is 15.0 Å². The number of amides is 2. The number of hydrogen-bond donors (Lipinski definition) is 3. The molecule has 0 aliphatic carbocycles. The van der Waals surface area contributed by atoms with Crippen LogP contribution in [0.1, 0.15) is 12.5 Å². The topological polar surface area (TPSA) is 123 Å². The molecule has 0 saturated heterocycles. The summed E-state index contributed by atoms with van der Waals surface area (Å²) in [6.07, 6.45) is 0.208. The van der Waals surface area contributed by atoms with Crippen LogP contribution in [0, 0.1) is 0 Å². The lowest BCUT2D eigenvalue weighted by Crippen LogP contribution is -2.25. The third kappa shape index (κ3) is 4.16. The van der Waals surface area contributed by atoms with E-state index in [-0.39, 0.29) is 5.75 Å². The van der Waals surface area contributed by atoms with Gasteiger partial charge in [0.25, 0.3) is 0 Å². The third-order valence-corrected chi connectivity index (χ3v) is 2.25. The number of methoxy groups -OCH3 is 1. The number of carboxylic acids is 1. The molecule has 0 fully saturated rings. The van der Waals surface area contributed by atoms with Gasteiger partial charge in [0.15, 0.2) is 17.6 Å². The number of carbonyl (C=O) groups is 2. The second-order valence-corrected chi connectivity index (χ2v) is 3.71. The molecule has 0 heterocycles. The van der Waals surface area contributed by atoms with Gasteiger partial charge in [0.1, 0.15) is 0 Å². The van der Waals surface area contributed by atoms with Gasteiger partial charge in [-0.15, -0.1) is 0 Å². The Morgan fingerprint density at radius 2 is 2.20 bits per heavy atom. The lowest BCUT2D eigenvalue weighted by Gasteiger charge is -2.15. The highest BCUT2D eigenvalue weighted by Gasteiger charge is 2.17. The van der Waals surface area contributed by atoms with Crippen molar-refractivity contribution in [1.29, 1.82) is 0 Å². The standard InChI is InChI=1S/C12H15N3O5/c1-7(11(16)17)20-10-8(6-14-15-12(13)18)4-3-5-9(10)19-2/h3-7H,1-2H3,(H,16,17)(H3,13,15,18). The smallest absolute Gasteiger partial charge is 0.344 e. The molecule has 20 heavy (non-hydrogen) atoms. The van der Waals surface area contributed by atoms with E-state index in [4.69, 9.17) is 20.3 Å². The molecule has 108 valence electrons. The van der Waals surface area contributed by atoms with Crippen LogP contribution in [0.25, 0.3) is 0 Å². The number of carboxylic acid groups (broad SMARTS) is 1. The Labute approximate surface area is 115 Å². The Hall–Kier alpha value is -2.77. The maximum Gasteiger partial charge on any atom is 0.344 e. The minimum absolute atomic E-state index is 0.208. The highest BCUT2D eigenvalue weighted by atomic mass is 16.5. The first-order valence-electron chi connectivity index (χ1n) is 5.60. The van der Waals surface area contributed by atoms with Gasteiger partial charge in [-0.3, -0.25) is 0 Å². The monoisotopic (exact) mass is 281 g/mol. The van der Waals surface area contributed by atoms with Crippen molar-refractivity contribution in [3.8, 4) is 11.5 Å². The number of aliphatic carboxylic acids is 1. The Bertz CT molecular complexity index is 530. The molecule has 4 N–H and O–H groups in total. The number of hydrazone groups is 1. The summed E-state index contributed by atoms with van der Waals surface area (Å²) in [6.45, 7) is 1.39. The maximum absolute atomic E-state index is 10.8. The van der Waals surface area contributed by atoms with Crippen molar-refractivity contribution in [1.82, 2.24) is 5.43 Å². The van der Waals surface area contributed by atoms with E-state index in [0.717, 1.165) is 0 Å². The molecule has 0 aliphatic rings. The van der Waals surface area contributed by atoms with Crippen molar-refractivity contribution in [2.75, 3.05) is 7.11 Å². The summed E-state index contributed by atoms with van der Waals surface area (Å²) in [5.74, 6) is -0.560. The number of urea groups is 1. The highest BCUT2D eigenvalue weighted by molar-refractivity contribution is 5.86. The predicted molar refractivity (Wildman–Crippen MR) is 71.0 cm³/mol. The van der Waals surface area contributed by atoms with Crippen molar-refractivity contribution in [3.63, 3.8) is 0 Å². The molecule has 1 aromatic rings. The van der Waals surface area contributed by atoms with Gasteiger partial charge in [-0.1, -0.05) is 6.07 Å². The molecular formula is C12H15N3O5. The summed E-state index contributed by atoms with van der Waals surface area (Å²) in [7, 11) is 1.43.